The topological polar surface area (TPSA) is 278 Å². The lowest BCUT2D eigenvalue weighted by Gasteiger charge is -2.26. The molecule has 0 saturated heterocycles. The second kappa shape index (κ2) is 18.7. The van der Waals surface area contributed by atoms with Crippen molar-refractivity contribution < 1.29 is 34.2 Å². The molecule has 3 amide bonds. The average Bonchev–Trinajstić information content (AvgIpc) is 2.85. The number of aliphatic carboxylic acids is 2. The summed E-state index contributed by atoms with van der Waals surface area (Å²) in [5.41, 5.74) is 22.0. The number of hydrogen-bond donors (Lipinski definition) is 9. The van der Waals surface area contributed by atoms with Crippen molar-refractivity contribution in [2.24, 2.45) is 33.8 Å². The van der Waals surface area contributed by atoms with Gasteiger partial charge in [-0.15, -0.1) is 0 Å². The van der Waals surface area contributed by atoms with E-state index in [0.717, 1.165) is 0 Å². The number of rotatable bonds is 20. The zero-order valence-electron chi connectivity index (χ0n) is 22.2. The highest BCUT2D eigenvalue weighted by atomic mass is 16.4. The molecular formula is C23H44N8O7. The number of hydrogen-bond acceptors (Lipinski definition) is 8. The van der Waals surface area contributed by atoms with E-state index in [1.165, 1.54) is 0 Å². The fourth-order valence-electron chi connectivity index (χ4n) is 3.43. The fraction of sp³-hybridized carbons (Fsp3) is 0.739. The van der Waals surface area contributed by atoms with E-state index < -0.39 is 53.8 Å². The minimum absolute atomic E-state index is 0.0861. The van der Waals surface area contributed by atoms with Crippen LogP contribution in [0.5, 0.6) is 0 Å². The summed E-state index contributed by atoms with van der Waals surface area (Å²) in [6, 6.07) is -4.54. The van der Waals surface area contributed by atoms with E-state index >= 15 is 0 Å². The summed E-state index contributed by atoms with van der Waals surface area (Å²) >= 11 is 0. The molecule has 0 rings (SSSR count). The summed E-state index contributed by atoms with van der Waals surface area (Å²) in [5, 5.41) is 26.0. The van der Waals surface area contributed by atoms with Gasteiger partial charge >= 0.3 is 11.9 Å². The first-order valence-electron chi connectivity index (χ1n) is 12.7. The summed E-state index contributed by atoms with van der Waals surface area (Å²) in [6.45, 7) is 4.01. The van der Waals surface area contributed by atoms with Crippen LogP contribution in [-0.2, 0) is 24.0 Å². The Hall–Kier alpha value is -3.46. The third-order valence-corrected chi connectivity index (χ3v) is 5.94. The number of nitrogens with zero attached hydrogens (tertiary/aromatic N) is 1. The van der Waals surface area contributed by atoms with Crippen molar-refractivity contribution in [2.45, 2.75) is 89.4 Å². The minimum Gasteiger partial charge on any atom is -0.481 e. The summed E-state index contributed by atoms with van der Waals surface area (Å²) in [5.74, 6) is -4.93. The molecule has 218 valence electrons. The number of carboxylic acids is 2. The van der Waals surface area contributed by atoms with E-state index in [-0.39, 0.29) is 44.1 Å². The van der Waals surface area contributed by atoms with Crippen LogP contribution >= 0.6 is 0 Å². The van der Waals surface area contributed by atoms with E-state index in [0.29, 0.717) is 32.2 Å². The fourth-order valence-corrected chi connectivity index (χ4v) is 3.43. The van der Waals surface area contributed by atoms with Crippen molar-refractivity contribution in [3.8, 4) is 0 Å². The van der Waals surface area contributed by atoms with Gasteiger partial charge < -0.3 is 49.1 Å². The average molecular weight is 545 g/mol. The smallest absolute Gasteiger partial charge is 0.326 e. The predicted molar refractivity (Wildman–Crippen MR) is 141 cm³/mol. The zero-order valence-corrected chi connectivity index (χ0v) is 22.2. The van der Waals surface area contributed by atoms with Crippen LogP contribution in [0.1, 0.15) is 65.2 Å². The Labute approximate surface area is 222 Å². The Balaban J connectivity index is 5.68. The summed E-state index contributed by atoms with van der Waals surface area (Å²) in [6.07, 6.45) is 1.67. The second-order valence-corrected chi connectivity index (χ2v) is 9.10. The molecule has 0 fully saturated rings. The normalized spacial score (nSPS) is 14.7. The molecule has 0 heterocycles. The molecule has 0 radical (unpaired) electrons. The quantitative estimate of drug-likeness (QED) is 0.0456. The Morgan fingerprint density at radius 1 is 0.842 bits per heavy atom. The number of nitrogens with one attached hydrogen (secondary N) is 3. The second-order valence-electron chi connectivity index (χ2n) is 9.10. The number of guanidine groups is 1. The molecule has 15 nitrogen and oxygen atoms in total. The standard InChI is InChI=1S/C23H44N8O7/c1-3-13(2)18(22(37)38)31-21(36)16(8-6-12-28-23(26)27)30-20(35)15(7-4-5-11-24)29-19(34)14(25)9-10-17(32)33/h13-16,18H,3-12,24-25H2,1-2H3,(H,29,34)(H,30,35)(H,31,36)(H,32,33)(H,37,38)(H4,26,27,28). The number of unbranched alkanes of at least 4 members (excludes halogenated alkanes) is 1. The van der Waals surface area contributed by atoms with Crippen molar-refractivity contribution in [1.29, 1.82) is 0 Å². The maximum absolute atomic E-state index is 13.2. The first-order chi connectivity index (χ1) is 17.8. The maximum Gasteiger partial charge on any atom is 0.326 e. The Morgan fingerprint density at radius 2 is 1.39 bits per heavy atom. The van der Waals surface area contributed by atoms with Gasteiger partial charge in [0.05, 0.1) is 6.04 Å². The summed E-state index contributed by atoms with van der Waals surface area (Å²) in [4.78, 5) is 65.1. The van der Waals surface area contributed by atoms with Crippen LogP contribution in [-0.4, -0.2) is 83.1 Å². The van der Waals surface area contributed by atoms with Crippen LogP contribution < -0.4 is 38.9 Å². The molecule has 15 heteroatoms. The SMILES string of the molecule is CCC(C)C(NC(=O)C(CCCN=C(N)N)NC(=O)C(CCCCN)NC(=O)C(N)CCC(=O)O)C(=O)O. The molecule has 0 aliphatic rings. The molecule has 38 heavy (non-hydrogen) atoms. The van der Waals surface area contributed by atoms with Gasteiger partial charge in [-0.3, -0.25) is 24.2 Å². The molecule has 13 N–H and O–H groups in total. The molecule has 5 atom stereocenters. The lowest BCUT2D eigenvalue weighted by Crippen LogP contribution is -2.57. The number of carboxylic acid groups (broad SMARTS) is 2. The number of carbonyl (C=O) groups is 5. The predicted octanol–water partition coefficient (Wildman–Crippen LogP) is -2.05. The third-order valence-electron chi connectivity index (χ3n) is 5.94. The lowest BCUT2D eigenvalue weighted by molar-refractivity contribution is -0.144. The molecule has 0 aliphatic heterocycles. The molecule has 5 unspecified atom stereocenters. The van der Waals surface area contributed by atoms with Gasteiger partial charge in [-0.1, -0.05) is 20.3 Å². The summed E-state index contributed by atoms with van der Waals surface area (Å²) in [7, 11) is 0. The van der Waals surface area contributed by atoms with Gasteiger partial charge in [0.1, 0.15) is 18.1 Å². The van der Waals surface area contributed by atoms with Gasteiger partial charge in [-0.2, -0.15) is 0 Å². The van der Waals surface area contributed by atoms with Crippen LogP contribution in [0, 0.1) is 5.92 Å². The van der Waals surface area contributed by atoms with E-state index in [1.807, 2.05) is 0 Å². The highest BCUT2D eigenvalue weighted by Crippen LogP contribution is 2.10. The first kappa shape index (κ1) is 34.5. The van der Waals surface area contributed by atoms with Crippen molar-refractivity contribution in [3.05, 3.63) is 0 Å². The van der Waals surface area contributed by atoms with Crippen LogP contribution in [0.2, 0.25) is 0 Å². The van der Waals surface area contributed by atoms with Gasteiger partial charge in [0.15, 0.2) is 5.96 Å². The molecule has 0 spiro atoms. The van der Waals surface area contributed by atoms with Crippen LogP contribution in [0.25, 0.3) is 0 Å². The van der Waals surface area contributed by atoms with Crippen LogP contribution in [0.3, 0.4) is 0 Å². The van der Waals surface area contributed by atoms with Gasteiger partial charge in [0, 0.05) is 13.0 Å². The Bertz CT molecular complexity index is 820. The van der Waals surface area contributed by atoms with Gasteiger partial charge in [0.25, 0.3) is 0 Å². The molecule has 0 aromatic rings. The van der Waals surface area contributed by atoms with Crippen molar-refractivity contribution in [2.75, 3.05) is 13.1 Å². The molecular weight excluding hydrogens is 500 g/mol. The number of carbonyl (C=O) groups excluding carboxylic acids is 3. The van der Waals surface area contributed by atoms with Crippen molar-refractivity contribution in [1.82, 2.24) is 16.0 Å². The number of nitrogens with two attached hydrogens (primary N) is 4. The van der Waals surface area contributed by atoms with Gasteiger partial charge in [-0.25, -0.2) is 4.79 Å². The Morgan fingerprint density at radius 3 is 1.89 bits per heavy atom. The summed E-state index contributed by atoms with van der Waals surface area (Å²) < 4.78 is 0. The van der Waals surface area contributed by atoms with Crippen LogP contribution in [0.4, 0.5) is 0 Å². The monoisotopic (exact) mass is 544 g/mol. The molecule has 0 aromatic carbocycles. The van der Waals surface area contributed by atoms with E-state index in [1.54, 1.807) is 13.8 Å². The molecule has 0 bridgehead atoms. The molecule has 0 saturated carbocycles. The van der Waals surface area contributed by atoms with Crippen molar-refractivity contribution >= 4 is 35.6 Å². The van der Waals surface area contributed by atoms with E-state index in [2.05, 4.69) is 20.9 Å². The number of aliphatic imine (C=N–C) groups is 1. The van der Waals surface area contributed by atoms with Gasteiger partial charge in [0.2, 0.25) is 17.7 Å². The molecule has 0 aromatic heterocycles. The third kappa shape index (κ3) is 14.3. The highest BCUT2D eigenvalue weighted by molar-refractivity contribution is 5.94. The highest BCUT2D eigenvalue weighted by Gasteiger charge is 2.31. The minimum atomic E-state index is -1.21. The largest absolute Gasteiger partial charge is 0.481 e. The lowest BCUT2D eigenvalue weighted by atomic mass is 9.98. The Kier molecular flexibility index (Phi) is 17.0. The molecule has 0 aliphatic carbocycles. The van der Waals surface area contributed by atoms with E-state index in [4.69, 9.17) is 28.0 Å². The van der Waals surface area contributed by atoms with Crippen LogP contribution in [0.15, 0.2) is 4.99 Å². The first-order valence-corrected chi connectivity index (χ1v) is 12.7. The van der Waals surface area contributed by atoms with Gasteiger partial charge in [-0.05, 0) is 51.0 Å². The zero-order chi connectivity index (χ0) is 29.3. The maximum atomic E-state index is 13.2. The van der Waals surface area contributed by atoms with Crippen molar-refractivity contribution in [3.63, 3.8) is 0 Å². The number of amides is 3. The van der Waals surface area contributed by atoms with E-state index in [9.17, 15) is 29.1 Å².